The number of carbonyl (C=O) groups is 1. The van der Waals surface area contributed by atoms with Crippen molar-refractivity contribution in [3.8, 4) is 5.75 Å². The van der Waals surface area contributed by atoms with Gasteiger partial charge in [-0.2, -0.15) is 0 Å². The van der Waals surface area contributed by atoms with Crippen molar-refractivity contribution in [2.24, 2.45) is 0 Å². The van der Waals surface area contributed by atoms with Crippen LogP contribution in [0.25, 0.3) is 5.57 Å². The van der Waals surface area contributed by atoms with Crippen LogP contribution in [0.15, 0.2) is 30.3 Å². The molecule has 0 bridgehead atoms. The summed E-state index contributed by atoms with van der Waals surface area (Å²) in [5.74, 6) is 0.359. The van der Waals surface area contributed by atoms with Gasteiger partial charge in [-0.3, -0.25) is 0 Å². The van der Waals surface area contributed by atoms with Crippen LogP contribution >= 0.6 is 15.9 Å². The molecule has 86 valence electrons. The summed E-state index contributed by atoms with van der Waals surface area (Å²) in [7, 11) is 2.95. The fourth-order valence-corrected chi connectivity index (χ4v) is 1.76. The van der Waals surface area contributed by atoms with E-state index < -0.39 is 0 Å². The minimum Gasteiger partial charge on any atom is -0.496 e. The molecule has 1 aromatic rings. The van der Waals surface area contributed by atoms with Crippen molar-refractivity contribution >= 4 is 27.5 Å². The van der Waals surface area contributed by atoms with E-state index in [1.54, 1.807) is 7.11 Å². The van der Waals surface area contributed by atoms with Crippen molar-refractivity contribution in [3.63, 3.8) is 0 Å². The lowest BCUT2D eigenvalue weighted by Gasteiger charge is -2.09. The molecule has 0 saturated heterocycles. The Morgan fingerprint density at radius 1 is 1.38 bits per heavy atom. The molecule has 16 heavy (non-hydrogen) atoms. The lowest BCUT2D eigenvalue weighted by Crippen LogP contribution is -1.99. The van der Waals surface area contributed by atoms with Gasteiger partial charge in [0.15, 0.2) is 0 Å². The number of allylic oxidation sites excluding steroid dienone is 1. The highest BCUT2D eigenvalue weighted by Crippen LogP contribution is 2.26. The van der Waals surface area contributed by atoms with Gasteiger partial charge in [-0.25, -0.2) is 4.79 Å². The van der Waals surface area contributed by atoms with E-state index in [1.807, 2.05) is 24.3 Å². The van der Waals surface area contributed by atoms with Gasteiger partial charge < -0.3 is 9.47 Å². The van der Waals surface area contributed by atoms with E-state index in [-0.39, 0.29) is 5.97 Å². The van der Waals surface area contributed by atoms with Gasteiger partial charge in [-0.1, -0.05) is 34.1 Å². The number of hydrogen-bond acceptors (Lipinski definition) is 3. The predicted octanol–water partition coefficient (Wildman–Crippen LogP) is 2.65. The molecule has 4 heteroatoms. The molecule has 0 aliphatic rings. The average molecular weight is 285 g/mol. The Balaban J connectivity index is 3.13. The van der Waals surface area contributed by atoms with Crippen LogP contribution in [0.4, 0.5) is 0 Å². The van der Waals surface area contributed by atoms with Gasteiger partial charge in [0.2, 0.25) is 0 Å². The number of para-hydroxylation sites is 1. The zero-order valence-electron chi connectivity index (χ0n) is 9.20. The van der Waals surface area contributed by atoms with Crippen LogP contribution in [0.3, 0.4) is 0 Å². The van der Waals surface area contributed by atoms with E-state index in [4.69, 9.17) is 4.74 Å². The van der Waals surface area contributed by atoms with Crippen LogP contribution in [0.2, 0.25) is 0 Å². The first kappa shape index (κ1) is 12.8. The van der Waals surface area contributed by atoms with E-state index in [0.29, 0.717) is 5.33 Å². The third-order valence-electron chi connectivity index (χ3n) is 2.09. The van der Waals surface area contributed by atoms with Gasteiger partial charge in [0, 0.05) is 17.0 Å². The van der Waals surface area contributed by atoms with Gasteiger partial charge in [0.25, 0.3) is 0 Å². The Morgan fingerprint density at radius 2 is 2.06 bits per heavy atom. The van der Waals surface area contributed by atoms with Crippen LogP contribution < -0.4 is 4.74 Å². The Kier molecular flexibility index (Phi) is 5.05. The minimum absolute atomic E-state index is 0.375. The number of alkyl halides is 1. The lowest BCUT2D eigenvalue weighted by molar-refractivity contribution is -0.134. The lowest BCUT2D eigenvalue weighted by atomic mass is 10.1. The number of rotatable bonds is 4. The van der Waals surface area contributed by atoms with Crippen molar-refractivity contribution in [2.75, 3.05) is 19.5 Å². The molecule has 1 aromatic carbocycles. The summed E-state index contributed by atoms with van der Waals surface area (Å²) < 4.78 is 9.83. The van der Waals surface area contributed by atoms with Crippen molar-refractivity contribution in [1.82, 2.24) is 0 Å². The number of hydrogen-bond donors (Lipinski definition) is 0. The van der Waals surface area contributed by atoms with Crippen LogP contribution in [0, 0.1) is 0 Å². The first-order chi connectivity index (χ1) is 7.72. The summed E-state index contributed by atoms with van der Waals surface area (Å²) in [5.41, 5.74) is 1.71. The normalized spacial score (nSPS) is 11.1. The fraction of sp³-hybridized carbons (Fsp3) is 0.250. The van der Waals surface area contributed by atoms with Gasteiger partial charge in [-0.15, -0.1) is 0 Å². The molecular weight excluding hydrogens is 272 g/mol. The molecule has 0 aromatic heterocycles. The zero-order chi connectivity index (χ0) is 12.0. The van der Waals surface area contributed by atoms with E-state index in [2.05, 4.69) is 20.7 Å². The van der Waals surface area contributed by atoms with E-state index in [9.17, 15) is 4.79 Å². The maximum Gasteiger partial charge on any atom is 0.330 e. The molecule has 0 spiro atoms. The maximum absolute atomic E-state index is 11.2. The number of esters is 1. The smallest absolute Gasteiger partial charge is 0.330 e. The fourth-order valence-electron chi connectivity index (χ4n) is 1.30. The van der Waals surface area contributed by atoms with E-state index >= 15 is 0 Å². The summed E-state index contributed by atoms with van der Waals surface area (Å²) >= 11 is 3.34. The molecule has 3 nitrogen and oxygen atoms in total. The van der Waals surface area contributed by atoms with Gasteiger partial charge in [0.1, 0.15) is 5.75 Å². The Morgan fingerprint density at radius 3 is 2.62 bits per heavy atom. The maximum atomic E-state index is 11.2. The average Bonchev–Trinajstić information content (AvgIpc) is 2.35. The third-order valence-corrected chi connectivity index (χ3v) is 2.69. The number of methoxy groups -OCH3 is 2. The molecule has 0 radical (unpaired) electrons. The molecule has 0 amide bonds. The predicted molar refractivity (Wildman–Crippen MR) is 66.8 cm³/mol. The highest BCUT2D eigenvalue weighted by molar-refractivity contribution is 9.09. The molecule has 0 N–H and O–H groups in total. The molecule has 0 saturated carbocycles. The van der Waals surface area contributed by atoms with Crippen molar-refractivity contribution in [1.29, 1.82) is 0 Å². The highest BCUT2D eigenvalue weighted by atomic mass is 79.9. The third kappa shape index (κ3) is 3.10. The van der Waals surface area contributed by atoms with Gasteiger partial charge in [0.05, 0.1) is 14.2 Å². The summed E-state index contributed by atoms with van der Waals surface area (Å²) in [5, 5.41) is 0.558. The minimum atomic E-state index is -0.375. The Hall–Kier alpha value is -1.29. The van der Waals surface area contributed by atoms with Crippen molar-refractivity contribution < 1.29 is 14.3 Å². The van der Waals surface area contributed by atoms with Crippen LogP contribution in [0.1, 0.15) is 5.56 Å². The van der Waals surface area contributed by atoms with E-state index in [1.165, 1.54) is 13.2 Å². The van der Waals surface area contributed by atoms with Crippen molar-refractivity contribution in [3.05, 3.63) is 35.9 Å². The Labute approximate surface area is 103 Å². The molecule has 0 fully saturated rings. The second-order valence-corrected chi connectivity index (χ2v) is 3.59. The van der Waals surface area contributed by atoms with Gasteiger partial charge >= 0.3 is 5.97 Å². The summed E-state index contributed by atoms with van der Waals surface area (Å²) in [6.45, 7) is 0. The highest BCUT2D eigenvalue weighted by Gasteiger charge is 2.08. The zero-order valence-corrected chi connectivity index (χ0v) is 10.8. The molecule has 0 aliphatic heterocycles. The number of ether oxygens (including phenoxy) is 2. The summed E-state index contributed by atoms with van der Waals surface area (Å²) in [6.07, 6.45) is 1.45. The standard InChI is InChI=1S/C12H13BrO3/c1-15-11-6-4-3-5-10(11)9(8-13)7-12(14)16-2/h3-7H,8H2,1-2H3. The first-order valence-electron chi connectivity index (χ1n) is 4.70. The molecule has 0 atom stereocenters. The first-order valence-corrected chi connectivity index (χ1v) is 5.83. The molecular formula is C12H13BrO3. The summed E-state index contributed by atoms with van der Waals surface area (Å²) in [6, 6.07) is 7.52. The van der Waals surface area contributed by atoms with Crippen LogP contribution in [-0.2, 0) is 9.53 Å². The quantitative estimate of drug-likeness (QED) is 0.484. The SMILES string of the molecule is COC(=O)C=C(CBr)c1ccccc1OC. The monoisotopic (exact) mass is 284 g/mol. The second-order valence-electron chi connectivity index (χ2n) is 3.03. The van der Waals surface area contributed by atoms with Crippen LogP contribution in [-0.4, -0.2) is 25.5 Å². The van der Waals surface area contributed by atoms with Gasteiger partial charge in [-0.05, 0) is 11.6 Å². The topological polar surface area (TPSA) is 35.5 Å². The number of halogens is 1. The molecule has 1 rings (SSSR count). The molecule has 0 heterocycles. The number of benzene rings is 1. The van der Waals surface area contributed by atoms with E-state index in [0.717, 1.165) is 16.9 Å². The van der Waals surface area contributed by atoms with Crippen LogP contribution in [0.5, 0.6) is 5.75 Å². The molecule has 0 aliphatic carbocycles. The summed E-state index contributed by atoms with van der Waals surface area (Å²) in [4.78, 5) is 11.2. The Bertz CT molecular complexity index is 399. The second kappa shape index (κ2) is 6.33. The molecule has 0 unspecified atom stereocenters. The van der Waals surface area contributed by atoms with Crippen molar-refractivity contribution in [2.45, 2.75) is 0 Å². The number of carbonyl (C=O) groups excluding carboxylic acids is 1. The largest absolute Gasteiger partial charge is 0.496 e.